The summed E-state index contributed by atoms with van der Waals surface area (Å²) in [6.07, 6.45) is -0.993. The second-order valence-corrected chi connectivity index (χ2v) is 3.35. The van der Waals surface area contributed by atoms with Crippen LogP contribution >= 0.6 is 0 Å². The molecule has 0 amide bonds. The summed E-state index contributed by atoms with van der Waals surface area (Å²) in [4.78, 5) is 10.9. The van der Waals surface area contributed by atoms with Crippen LogP contribution in [-0.2, 0) is 9.53 Å². The van der Waals surface area contributed by atoms with Crippen LogP contribution in [0.2, 0.25) is 0 Å². The number of benzene rings is 1. The Kier molecular flexibility index (Phi) is 4.94. The molecule has 0 aliphatic rings. The molecule has 7 heteroatoms. The van der Waals surface area contributed by atoms with Gasteiger partial charge in [-0.15, -0.1) is 5.10 Å². The Balaban J connectivity index is 2.95. The van der Waals surface area contributed by atoms with Gasteiger partial charge in [-0.2, -0.15) is 5.11 Å². The van der Waals surface area contributed by atoms with Crippen LogP contribution < -0.4 is 5.73 Å². The van der Waals surface area contributed by atoms with E-state index in [4.69, 9.17) is 15.6 Å². The molecule has 18 heavy (non-hydrogen) atoms. The average molecular weight is 250 g/mol. The van der Waals surface area contributed by atoms with Crippen molar-refractivity contribution in [2.45, 2.75) is 6.10 Å². The van der Waals surface area contributed by atoms with Gasteiger partial charge in [0.15, 0.2) is 11.9 Å². The Hall–Kier alpha value is -2.28. The van der Waals surface area contributed by atoms with Gasteiger partial charge in [0.25, 0.3) is 0 Å². The number of carbonyl (C=O) groups is 1. The van der Waals surface area contributed by atoms with Crippen LogP contribution in [0.4, 0.5) is 0 Å². The molecule has 0 bridgehead atoms. The normalized spacial score (nSPS) is 13.8. The molecule has 1 atom stereocenters. The van der Waals surface area contributed by atoms with Gasteiger partial charge < -0.3 is 15.6 Å². The Labute approximate surface area is 104 Å². The monoisotopic (exact) mass is 250 g/mol. The van der Waals surface area contributed by atoms with Gasteiger partial charge in [0.2, 0.25) is 0 Å². The molecular weight excluding hydrogens is 236 g/mol. The van der Waals surface area contributed by atoms with Gasteiger partial charge in [0.1, 0.15) is 0 Å². The lowest BCUT2D eigenvalue weighted by molar-refractivity contribution is -0.148. The van der Waals surface area contributed by atoms with Crippen molar-refractivity contribution in [2.75, 3.05) is 14.2 Å². The first kappa shape index (κ1) is 13.8. The van der Waals surface area contributed by atoms with E-state index in [0.29, 0.717) is 11.1 Å². The van der Waals surface area contributed by atoms with Gasteiger partial charge in [-0.25, -0.2) is 4.79 Å². The number of nitrogens with two attached hydrogens (primary N) is 1. The fourth-order valence-corrected chi connectivity index (χ4v) is 1.36. The highest BCUT2D eigenvalue weighted by Gasteiger charge is 2.18. The highest BCUT2D eigenvalue weighted by atomic mass is 16.5. The van der Waals surface area contributed by atoms with Crippen molar-refractivity contribution < 1.29 is 14.6 Å². The second-order valence-electron chi connectivity index (χ2n) is 3.35. The maximum atomic E-state index is 10.9. The standard InChI is InChI=1S/C11H14N4O3/c1-13-15-14-10(12)8-5-3-7(4-6-8)9(18-2)11(16)17/h3-6,9H,1-2H3,(H,16,17)(H2,12,13,14). The molecular formula is C11H14N4O3. The summed E-state index contributed by atoms with van der Waals surface area (Å²) < 4.78 is 4.87. The van der Waals surface area contributed by atoms with E-state index < -0.39 is 12.1 Å². The van der Waals surface area contributed by atoms with E-state index in [1.807, 2.05) is 0 Å². The van der Waals surface area contributed by atoms with Gasteiger partial charge in [0.05, 0.1) is 7.05 Å². The SMILES string of the molecule is CN=N/N=C(\N)c1ccc(C(OC)C(=O)O)cc1. The average Bonchev–Trinajstić information content (AvgIpc) is 2.37. The molecule has 7 nitrogen and oxygen atoms in total. The van der Waals surface area contributed by atoms with Gasteiger partial charge in [-0.1, -0.05) is 24.3 Å². The molecule has 96 valence electrons. The molecule has 3 N–H and O–H groups in total. The predicted molar refractivity (Wildman–Crippen MR) is 65.3 cm³/mol. The van der Waals surface area contributed by atoms with Crippen LogP contribution in [-0.4, -0.2) is 31.1 Å². The van der Waals surface area contributed by atoms with Gasteiger partial charge in [-0.05, 0) is 10.8 Å². The maximum Gasteiger partial charge on any atom is 0.337 e. The number of carboxylic acid groups (broad SMARTS) is 1. The zero-order valence-corrected chi connectivity index (χ0v) is 10.1. The zero-order chi connectivity index (χ0) is 13.5. The lowest BCUT2D eigenvalue weighted by atomic mass is 10.1. The molecule has 0 aliphatic carbocycles. The zero-order valence-electron chi connectivity index (χ0n) is 10.1. The van der Waals surface area contributed by atoms with Crippen molar-refractivity contribution in [3.63, 3.8) is 0 Å². The first-order valence-electron chi connectivity index (χ1n) is 5.08. The lowest BCUT2D eigenvalue weighted by Gasteiger charge is -2.10. The summed E-state index contributed by atoms with van der Waals surface area (Å²) >= 11 is 0. The number of hydrogen-bond donors (Lipinski definition) is 2. The highest BCUT2D eigenvalue weighted by Crippen LogP contribution is 2.17. The molecule has 0 heterocycles. The van der Waals surface area contributed by atoms with E-state index in [9.17, 15) is 4.79 Å². The van der Waals surface area contributed by atoms with Crippen LogP contribution in [0.15, 0.2) is 39.7 Å². The molecule has 0 fully saturated rings. The second kappa shape index (κ2) is 6.45. The topological polar surface area (TPSA) is 110 Å². The number of hydrogen-bond acceptors (Lipinski definition) is 4. The van der Waals surface area contributed by atoms with Crippen LogP contribution in [0.1, 0.15) is 17.2 Å². The maximum absolute atomic E-state index is 10.9. The van der Waals surface area contributed by atoms with E-state index in [-0.39, 0.29) is 5.84 Å². The molecule has 0 saturated carbocycles. The van der Waals surface area contributed by atoms with Crippen molar-refractivity contribution in [2.24, 2.45) is 21.2 Å². The summed E-state index contributed by atoms with van der Waals surface area (Å²) in [5, 5.41) is 19.4. The third-order valence-corrected chi connectivity index (χ3v) is 2.21. The van der Waals surface area contributed by atoms with E-state index >= 15 is 0 Å². The Bertz CT molecular complexity index is 468. The van der Waals surface area contributed by atoms with E-state index in [1.54, 1.807) is 24.3 Å². The van der Waals surface area contributed by atoms with Crippen molar-refractivity contribution in [3.05, 3.63) is 35.4 Å². The number of carboxylic acids is 1. The largest absolute Gasteiger partial charge is 0.479 e. The summed E-state index contributed by atoms with van der Waals surface area (Å²) in [6, 6.07) is 6.52. The summed E-state index contributed by atoms with van der Waals surface area (Å²) in [7, 11) is 2.82. The Morgan fingerprint density at radius 2 is 2.00 bits per heavy atom. The Morgan fingerprint density at radius 1 is 1.39 bits per heavy atom. The van der Waals surface area contributed by atoms with Crippen molar-refractivity contribution in [1.82, 2.24) is 0 Å². The van der Waals surface area contributed by atoms with E-state index in [1.165, 1.54) is 14.2 Å². The van der Waals surface area contributed by atoms with Gasteiger partial charge >= 0.3 is 5.97 Å². The van der Waals surface area contributed by atoms with Gasteiger partial charge in [0, 0.05) is 12.7 Å². The molecule has 0 spiro atoms. The third kappa shape index (κ3) is 3.36. The molecule has 1 aromatic carbocycles. The fourth-order valence-electron chi connectivity index (χ4n) is 1.36. The first-order valence-corrected chi connectivity index (χ1v) is 5.08. The quantitative estimate of drug-likeness (QED) is 0.353. The van der Waals surface area contributed by atoms with Crippen LogP contribution in [0.5, 0.6) is 0 Å². The minimum Gasteiger partial charge on any atom is -0.479 e. The molecule has 0 aromatic heterocycles. The minimum atomic E-state index is -1.05. The minimum absolute atomic E-state index is 0.205. The van der Waals surface area contributed by atoms with E-state index in [2.05, 4.69) is 15.4 Å². The van der Waals surface area contributed by atoms with Crippen molar-refractivity contribution >= 4 is 11.8 Å². The molecule has 0 saturated heterocycles. The molecule has 1 aromatic rings. The lowest BCUT2D eigenvalue weighted by Crippen LogP contribution is -2.15. The van der Waals surface area contributed by atoms with Crippen molar-refractivity contribution in [1.29, 1.82) is 0 Å². The highest BCUT2D eigenvalue weighted by molar-refractivity contribution is 5.97. The predicted octanol–water partition coefficient (Wildman–Crippen LogP) is 1.16. The van der Waals surface area contributed by atoms with Crippen LogP contribution in [0.25, 0.3) is 0 Å². The van der Waals surface area contributed by atoms with Crippen LogP contribution in [0.3, 0.4) is 0 Å². The number of rotatable bonds is 5. The van der Waals surface area contributed by atoms with E-state index in [0.717, 1.165) is 0 Å². The Morgan fingerprint density at radius 3 is 2.44 bits per heavy atom. The molecule has 0 aliphatic heterocycles. The van der Waals surface area contributed by atoms with Crippen molar-refractivity contribution in [3.8, 4) is 0 Å². The third-order valence-electron chi connectivity index (χ3n) is 2.21. The number of aliphatic carboxylic acids is 1. The summed E-state index contributed by atoms with van der Waals surface area (Å²) in [6.45, 7) is 0. The summed E-state index contributed by atoms with van der Waals surface area (Å²) in [5.74, 6) is -0.844. The number of ether oxygens (including phenoxy) is 1. The first-order chi connectivity index (χ1) is 8.60. The number of methoxy groups -OCH3 is 1. The molecule has 0 radical (unpaired) electrons. The number of amidine groups is 1. The smallest absolute Gasteiger partial charge is 0.337 e. The molecule has 1 unspecified atom stereocenters. The van der Waals surface area contributed by atoms with Gasteiger partial charge in [-0.3, -0.25) is 0 Å². The molecule has 1 rings (SSSR count). The fraction of sp³-hybridized carbons (Fsp3) is 0.273. The number of nitrogens with zero attached hydrogens (tertiary/aromatic N) is 3. The van der Waals surface area contributed by atoms with Crippen LogP contribution in [0, 0.1) is 0 Å². The summed E-state index contributed by atoms with van der Waals surface area (Å²) in [5.41, 5.74) is 6.81.